The Bertz CT molecular complexity index is 870. The molecule has 0 atom stereocenters. The first kappa shape index (κ1) is 17.4. The van der Waals surface area contributed by atoms with Gasteiger partial charge in [-0.1, -0.05) is 46.3 Å². The molecule has 3 rings (SSSR count). The lowest BCUT2D eigenvalue weighted by Gasteiger charge is -2.17. The van der Waals surface area contributed by atoms with Gasteiger partial charge in [0.05, 0.1) is 5.52 Å². The zero-order valence-electron chi connectivity index (χ0n) is 13.9. The molecule has 1 amide bonds. The van der Waals surface area contributed by atoms with E-state index in [2.05, 4.69) is 31.2 Å². The molecule has 0 bridgehead atoms. The standard InChI is InChI=1S/C19H19BrN4O/c1-24(12-14-5-3-2-4-6-14)18(25)9-10-21-19-16-11-15(20)7-8-17(16)22-13-23-19/h2-8,11,13H,9-10,12H2,1H3,(H,21,22,23). The van der Waals surface area contributed by atoms with Gasteiger partial charge in [0.1, 0.15) is 12.1 Å². The number of rotatable bonds is 6. The van der Waals surface area contributed by atoms with E-state index in [-0.39, 0.29) is 5.91 Å². The Morgan fingerprint density at radius 3 is 2.76 bits per heavy atom. The van der Waals surface area contributed by atoms with Crippen molar-refractivity contribution in [1.29, 1.82) is 0 Å². The number of benzene rings is 2. The van der Waals surface area contributed by atoms with Crippen LogP contribution in [0.4, 0.5) is 5.82 Å². The molecule has 0 saturated heterocycles. The van der Waals surface area contributed by atoms with E-state index in [1.165, 1.54) is 6.33 Å². The second-order valence-electron chi connectivity index (χ2n) is 5.80. The third-order valence-electron chi connectivity index (χ3n) is 3.92. The van der Waals surface area contributed by atoms with Crippen molar-refractivity contribution in [3.63, 3.8) is 0 Å². The number of anilines is 1. The molecule has 0 fully saturated rings. The Hall–Kier alpha value is -2.47. The normalized spacial score (nSPS) is 10.6. The zero-order valence-corrected chi connectivity index (χ0v) is 15.5. The lowest BCUT2D eigenvalue weighted by atomic mass is 10.2. The molecule has 0 aliphatic rings. The van der Waals surface area contributed by atoms with Crippen LogP contribution in [0.1, 0.15) is 12.0 Å². The van der Waals surface area contributed by atoms with E-state index in [1.807, 2.05) is 55.6 Å². The fourth-order valence-corrected chi connectivity index (χ4v) is 2.95. The number of nitrogens with one attached hydrogen (secondary N) is 1. The summed E-state index contributed by atoms with van der Waals surface area (Å²) in [6, 6.07) is 15.8. The molecule has 2 aromatic carbocycles. The maximum atomic E-state index is 12.3. The van der Waals surface area contributed by atoms with Crippen LogP contribution in [0.3, 0.4) is 0 Å². The van der Waals surface area contributed by atoms with Gasteiger partial charge in [0.15, 0.2) is 0 Å². The van der Waals surface area contributed by atoms with Crippen LogP contribution in [0.2, 0.25) is 0 Å². The van der Waals surface area contributed by atoms with Crippen LogP contribution in [-0.2, 0) is 11.3 Å². The summed E-state index contributed by atoms with van der Waals surface area (Å²) in [5.74, 6) is 0.834. The number of hydrogen-bond acceptors (Lipinski definition) is 4. The minimum atomic E-state index is 0.0934. The van der Waals surface area contributed by atoms with Gasteiger partial charge in [0.2, 0.25) is 5.91 Å². The fraction of sp³-hybridized carbons (Fsp3) is 0.211. The number of amides is 1. The highest BCUT2D eigenvalue weighted by Crippen LogP contribution is 2.23. The molecule has 0 spiro atoms. The van der Waals surface area contributed by atoms with Crippen LogP contribution in [-0.4, -0.2) is 34.4 Å². The van der Waals surface area contributed by atoms with Crippen molar-refractivity contribution in [2.24, 2.45) is 0 Å². The van der Waals surface area contributed by atoms with Crippen molar-refractivity contribution in [1.82, 2.24) is 14.9 Å². The van der Waals surface area contributed by atoms with Crippen molar-refractivity contribution in [3.8, 4) is 0 Å². The van der Waals surface area contributed by atoms with Gasteiger partial charge in [-0.15, -0.1) is 0 Å². The molecule has 1 heterocycles. The largest absolute Gasteiger partial charge is 0.369 e. The maximum Gasteiger partial charge on any atom is 0.224 e. The van der Waals surface area contributed by atoms with Gasteiger partial charge in [0, 0.05) is 36.4 Å². The van der Waals surface area contributed by atoms with Crippen molar-refractivity contribution < 1.29 is 4.79 Å². The van der Waals surface area contributed by atoms with E-state index < -0.39 is 0 Å². The minimum absolute atomic E-state index is 0.0934. The monoisotopic (exact) mass is 398 g/mol. The molecular formula is C19H19BrN4O. The predicted molar refractivity (Wildman–Crippen MR) is 103 cm³/mol. The van der Waals surface area contributed by atoms with Crippen LogP contribution in [0, 0.1) is 0 Å². The Morgan fingerprint density at radius 2 is 1.96 bits per heavy atom. The average molecular weight is 399 g/mol. The number of halogens is 1. The maximum absolute atomic E-state index is 12.3. The van der Waals surface area contributed by atoms with Crippen molar-refractivity contribution >= 4 is 38.6 Å². The third kappa shape index (κ3) is 4.54. The highest BCUT2D eigenvalue weighted by Gasteiger charge is 2.10. The molecule has 0 unspecified atom stereocenters. The van der Waals surface area contributed by atoms with E-state index >= 15 is 0 Å². The minimum Gasteiger partial charge on any atom is -0.369 e. The molecule has 0 radical (unpaired) electrons. The van der Waals surface area contributed by atoms with E-state index in [0.717, 1.165) is 26.8 Å². The molecule has 0 aliphatic heterocycles. The number of nitrogens with zero attached hydrogens (tertiary/aromatic N) is 3. The lowest BCUT2D eigenvalue weighted by Crippen LogP contribution is -2.27. The summed E-state index contributed by atoms with van der Waals surface area (Å²) in [7, 11) is 1.83. The summed E-state index contributed by atoms with van der Waals surface area (Å²) in [5.41, 5.74) is 1.99. The SMILES string of the molecule is CN(Cc1ccccc1)C(=O)CCNc1ncnc2ccc(Br)cc12. The van der Waals surface area contributed by atoms with Gasteiger partial charge >= 0.3 is 0 Å². The number of hydrogen-bond donors (Lipinski definition) is 1. The van der Waals surface area contributed by atoms with Crippen molar-refractivity contribution in [2.75, 3.05) is 18.9 Å². The van der Waals surface area contributed by atoms with Gasteiger partial charge < -0.3 is 10.2 Å². The molecule has 0 saturated carbocycles. The van der Waals surface area contributed by atoms with Crippen LogP contribution in [0.5, 0.6) is 0 Å². The molecule has 0 aliphatic carbocycles. The topological polar surface area (TPSA) is 58.1 Å². The number of carbonyl (C=O) groups excluding carboxylic acids is 1. The zero-order chi connectivity index (χ0) is 17.6. The van der Waals surface area contributed by atoms with Crippen LogP contribution >= 0.6 is 15.9 Å². The molecule has 3 aromatic rings. The lowest BCUT2D eigenvalue weighted by molar-refractivity contribution is -0.130. The first-order valence-electron chi connectivity index (χ1n) is 8.05. The highest BCUT2D eigenvalue weighted by molar-refractivity contribution is 9.10. The molecule has 6 heteroatoms. The van der Waals surface area contributed by atoms with E-state index in [1.54, 1.807) is 4.90 Å². The third-order valence-corrected chi connectivity index (χ3v) is 4.41. The van der Waals surface area contributed by atoms with Gasteiger partial charge in [0.25, 0.3) is 0 Å². The molecule has 1 N–H and O–H groups in total. The first-order chi connectivity index (χ1) is 12.1. The van der Waals surface area contributed by atoms with Crippen LogP contribution in [0.25, 0.3) is 10.9 Å². The van der Waals surface area contributed by atoms with E-state index in [4.69, 9.17) is 0 Å². The Balaban J connectivity index is 1.57. The van der Waals surface area contributed by atoms with Crippen LogP contribution < -0.4 is 5.32 Å². The molecule has 25 heavy (non-hydrogen) atoms. The molecule has 1 aromatic heterocycles. The Morgan fingerprint density at radius 1 is 1.16 bits per heavy atom. The number of aromatic nitrogens is 2. The second kappa shape index (κ2) is 8.07. The summed E-state index contributed by atoms with van der Waals surface area (Å²) >= 11 is 3.46. The quantitative estimate of drug-likeness (QED) is 0.684. The summed E-state index contributed by atoms with van der Waals surface area (Å²) in [4.78, 5) is 22.6. The van der Waals surface area contributed by atoms with E-state index in [0.29, 0.717) is 19.5 Å². The molecule has 128 valence electrons. The van der Waals surface area contributed by atoms with Crippen molar-refractivity contribution in [3.05, 3.63) is 64.9 Å². The highest BCUT2D eigenvalue weighted by atomic mass is 79.9. The van der Waals surface area contributed by atoms with Gasteiger partial charge in [-0.3, -0.25) is 4.79 Å². The Kier molecular flexibility index (Phi) is 5.60. The first-order valence-corrected chi connectivity index (χ1v) is 8.85. The Labute approximate surface area is 155 Å². The summed E-state index contributed by atoms with van der Waals surface area (Å²) in [6.07, 6.45) is 1.94. The summed E-state index contributed by atoms with van der Waals surface area (Å²) in [6.45, 7) is 1.14. The summed E-state index contributed by atoms with van der Waals surface area (Å²) in [5, 5.41) is 4.18. The summed E-state index contributed by atoms with van der Waals surface area (Å²) < 4.78 is 0.969. The smallest absolute Gasteiger partial charge is 0.224 e. The van der Waals surface area contributed by atoms with Gasteiger partial charge in [-0.05, 0) is 23.8 Å². The second-order valence-corrected chi connectivity index (χ2v) is 6.71. The molecular weight excluding hydrogens is 380 g/mol. The number of carbonyl (C=O) groups is 1. The molecule has 5 nitrogen and oxygen atoms in total. The van der Waals surface area contributed by atoms with Gasteiger partial charge in [-0.25, -0.2) is 9.97 Å². The fourth-order valence-electron chi connectivity index (χ4n) is 2.59. The van der Waals surface area contributed by atoms with Crippen LogP contribution in [0.15, 0.2) is 59.3 Å². The van der Waals surface area contributed by atoms with E-state index in [9.17, 15) is 4.79 Å². The van der Waals surface area contributed by atoms with Gasteiger partial charge in [-0.2, -0.15) is 0 Å². The van der Waals surface area contributed by atoms with Crippen molar-refractivity contribution in [2.45, 2.75) is 13.0 Å². The predicted octanol–water partition coefficient (Wildman–Crippen LogP) is 3.85. The number of fused-ring (bicyclic) bond motifs is 1. The average Bonchev–Trinajstić information content (AvgIpc) is 2.62.